The van der Waals surface area contributed by atoms with Crippen molar-refractivity contribution in [2.45, 2.75) is 13.0 Å². The third-order valence-corrected chi connectivity index (χ3v) is 2.45. The Bertz CT molecular complexity index is 410. The molecule has 0 unspecified atom stereocenters. The summed E-state index contributed by atoms with van der Waals surface area (Å²) in [7, 11) is 0. The summed E-state index contributed by atoms with van der Waals surface area (Å²) in [6.45, 7) is 1.65. The minimum absolute atomic E-state index is 0.535. The molecule has 0 bridgehead atoms. The lowest BCUT2D eigenvalue weighted by Crippen LogP contribution is -2.17. The van der Waals surface area contributed by atoms with E-state index in [-0.39, 0.29) is 0 Å². The Labute approximate surface area is 99.1 Å². The van der Waals surface area contributed by atoms with Gasteiger partial charge in [-0.15, -0.1) is 0 Å². The van der Waals surface area contributed by atoms with Gasteiger partial charge < -0.3 is 10.3 Å². The molecule has 0 saturated heterocycles. The van der Waals surface area contributed by atoms with Crippen LogP contribution in [0.3, 0.4) is 0 Å². The summed E-state index contributed by atoms with van der Waals surface area (Å²) in [5.41, 5.74) is 1.18. The van der Waals surface area contributed by atoms with E-state index < -0.39 is 0 Å². The fourth-order valence-corrected chi connectivity index (χ4v) is 1.50. The van der Waals surface area contributed by atoms with Gasteiger partial charge in [0.15, 0.2) is 0 Å². The molecule has 4 nitrogen and oxygen atoms in total. The molecule has 2 aromatic rings. The van der Waals surface area contributed by atoms with Crippen molar-refractivity contribution in [3.63, 3.8) is 0 Å². The Morgan fingerprint density at radius 3 is 2.94 bits per heavy atom. The van der Waals surface area contributed by atoms with Gasteiger partial charge in [0.05, 0.1) is 6.54 Å². The molecule has 0 aliphatic rings. The predicted octanol–water partition coefficient (Wildman–Crippen LogP) is 1.79. The number of halogens is 1. The second kappa shape index (κ2) is 5.63. The number of H-pyrrole nitrogens is 1. The largest absolute Gasteiger partial charge is 0.348 e. The number of nitrogens with one attached hydrogen (secondary N) is 2. The first-order valence-corrected chi connectivity index (χ1v) is 5.52. The number of hydrogen-bond donors (Lipinski definition) is 2. The molecule has 16 heavy (non-hydrogen) atoms. The van der Waals surface area contributed by atoms with Gasteiger partial charge in [0.2, 0.25) is 0 Å². The highest BCUT2D eigenvalue weighted by molar-refractivity contribution is 6.29. The summed E-state index contributed by atoms with van der Waals surface area (Å²) in [4.78, 5) is 11.2. The molecule has 0 radical (unpaired) electrons. The Kier molecular flexibility index (Phi) is 3.91. The van der Waals surface area contributed by atoms with E-state index in [0.717, 1.165) is 25.3 Å². The molecule has 2 aromatic heterocycles. The topological polar surface area (TPSA) is 53.6 Å². The highest BCUT2D eigenvalue weighted by atomic mass is 35.5. The van der Waals surface area contributed by atoms with Crippen molar-refractivity contribution in [2.24, 2.45) is 0 Å². The summed E-state index contributed by atoms with van der Waals surface area (Å²) < 4.78 is 0. The summed E-state index contributed by atoms with van der Waals surface area (Å²) in [6.07, 6.45) is 6.31. The van der Waals surface area contributed by atoms with Gasteiger partial charge >= 0.3 is 0 Å². The molecule has 0 fully saturated rings. The summed E-state index contributed by atoms with van der Waals surface area (Å²) >= 11 is 5.70. The van der Waals surface area contributed by atoms with Crippen molar-refractivity contribution in [2.75, 3.05) is 6.54 Å². The lowest BCUT2D eigenvalue weighted by Gasteiger charge is -2.02. The minimum Gasteiger partial charge on any atom is -0.348 e. The number of hydrogen-bond acceptors (Lipinski definition) is 3. The Morgan fingerprint density at radius 1 is 1.31 bits per heavy atom. The average molecular weight is 237 g/mol. The zero-order chi connectivity index (χ0) is 11.2. The van der Waals surface area contributed by atoms with Gasteiger partial charge in [0.1, 0.15) is 11.0 Å². The van der Waals surface area contributed by atoms with Crippen molar-refractivity contribution in [1.29, 1.82) is 0 Å². The maximum absolute atomic E-state index is 5.70. The van der Waals surface area contributed by atoms with Gasteiger partial charge in [-0.05, 0) is 24.6 Å². The second-order valence-electron chi connectivity index (χ2n) is 3.45. The van der Waals surface area contributed by atoms with E-state index in [0.29, 0.717) is 5.15 Å². The highest BCUT2D eigenvalue weighted by Gasteiger charge is 1.96. The van der Waals surface area contributed by atoms with Gasteiger partial charge in [-0.1, -0.05) is 17.7 Å². The summed E-state index contributed by atoms with van der Waals surface area (Å²) in [6, 6.07) is 3.80. The zero-order valence-corrected chi connectivity index (χ0v) is 9.54. The zero-order valence-electron chi connectivity index (χ0n) is 8.78. The van der Waals surface area contributed by atoms with Crippen molar-refractivity contribution >= 4 is 11.6 Å². The van der Waals surface area contributed by atoms with E-state index in [2.05, 4.69) is 20.3 Å². The van der Waals surface area contributed by atoms with Crippen LogP contribution in [0.2, 0.25) is 5.15 Å². The molecule has 0 aliphatic carbocycles. The number of rotatable bonds is 5. The molecule has 5 heteroatoms. The smallest absolute Gasteiger partial charge is 0.129 e. The molecule has 84 valence electrons. The molecule has 2 N–H and O–H groups in total. The van der Waals surface area contributed by atoms with E-state index in [1.54, 1.807) is 12.4 Å². The molecule has 0 aromatic carbocycles. The first-order valence-electron chi connectivity index (χ1n) is 5.14. The van der Waals surface area contributed by atoms with Crippen LogP contribution in [0.15, 0.2) is 30.7 Å². The maximum Gasteiger partial charge on any atom is 0.129 e. The number of imidazole rings is 1. The molecule has 2 rings (SSSR count). The molecule has 0 spiro atoms. The molecule has 0 atom stereocenters. The second-order valence-corrected chi connectivity index (χ2v) is 3.84. The van der Waals surface area contributed by atoms with E-state index in [1.165, 1.54) is 5.56 Å². The monoisotopic (exact) mass is 236 g/mol. The first kappa shape index (κ1) is 11.1. The third-order valence-electron chi connectivity index (χ3n) is 2.23. The standard InChI is InChI=1S/C11H13ClN4/c12-10-2-1-9(7-16-10)3-4-13-8-11-14-5-6-15-11/h1-2,5-7,13H,3-4,8H2,(H,14,15). The first-order chi connectivity index (χ1) is 7.84. The maximum atomic E-state index is 5.70. The van der Waals surface area contributed by atoms with Gasteiger partial charge in [-0.2, -0.15) is 0 Å². The van der Waals surface area contributed by atoms with Crippen LogP contribution in [0, 0.1) is 0 Å². The van der Waals surface area contributed by atoms with E-state index in [4.69, 9.17) is 11.6 Å². The number of pyridine rings is 1. The summed E-state index contributed by atoms with van der Waals surface area (Å²) in [5, 5.41) is 3.83. The van der Waals surface area contributed by atoms with E-state index in [1.807, 2.05) is 18.3 Å². The van der Waals surface area contributed by atoms with Crippen LogP contribution >= 0.6 is 11.6 Å². The Morgan fingerprint density at radius 2 is 2.25 bits per heavy atom. The minimum atomic E-state index is 0.535. The van der Waals surface area contributed by atoms with Crippen LogP contribution in [0.5, 0.6) is 0 Å². The highest BCUT2D eigenvalue weighted by Crippen LogP contribution is 2.05. The van der Waals surface area contributed by atoms with Crippen molar-refractivity contribution in [3.05, 3.63) is 47.3 Å². The number of nitrogens with zero attached hydrogens (tertiary/aromatic N) is 2. The van der Waals surface area contributed by atoms with Crippen LogP contribution in [0.25, 0.3) is 0 Å². The van der Waals surface area contributed by atoms with Gasteiger partial charge in [-0.3, -0.25) is 0 Å². The SMILES string of the molecule is Clc1ccc(CCNCc2ncc[nH]2)cn1. The lowest BCUT2D eigenvalue weighted by molar-refractivity contribution is 0.664. The molecule has 0 aliphatic heterocycles. The van der Waals surface area contributed by atoms with Crippen LogP contribution < -0.4 is 5.32 Å². The van der Waals surface area contributed by atoms with Crippen molar-refractivity contribution < 1.29 is 0 Å². The average Bonchev–Trinajstić information content (AvgIpc) is 2.80. The number of aromatic amines is 1. The predicted molar refractivity (Wildman–Crippen MR) is 63.2 cm³/mol. The molecule has 0 amide bonds. The van der Waals surface area contributed by atoms with Crippen LogP contribution in [-0.4, -0.2) is 21.5 Å². The molecular formula is C11H13ClN4. The van der Waals surface area contributed by atoms with E-state index >= 15 is 0 Å². The van der Waals surface area contributed by atoms with Crippen LogP contribution in [0.4, 0.5) is 0 Å². The van der Waals surface area contributed by atoms with Crippen molar-refractivity contribution in [3.8, 4) is 0 Å². The van der Waals surface area contributed by atoms with Crippen molar-refractivity contribution in [1.82, 2.24) is 20.3 Å². The molecular weight excluding hydrogens is 224 g/mol. The third kappa shape index (κ3) is 3.32. The normalized spacial score (nSPS) is 10.6. The van der Waals surface area contributed by atoms with Gasteiger partial charge in [-0.25, -0.2) is 9.97 Å². The van der Waals surface area contributed by atoms with Crippen LogP contribution in [0.1, 0.15) is 11.4 Å². The molecule has 2 heterocycles. The Balaban J connectivity index is 1.70. The number of aromatic nitrogens is 3. The van der Waals surface area contributed by atoms with Gasteiger partial charge in [0.25, 0.3) is 0 Å². The van der Waals surface area contributed by atoms with Crippen LogP contribution in [-0.2, 0) is 13.0 Å². The fraction of sp³-hybridized carbons (Fsp3) is 0.273. The molecule has 0 saturated carbocycles. The lowest BCUT2D eigenvalue weighted by atomic mass is 10.2. The fourth-order valence-electron chi connectivity index (χ4n) is 1.39. The van der Waals surface area contributed by atoms with E-state index in [9.17, 15) is 0 Å². The summed E-state index contributed by atoms with van der Waals surface area (Å²) in [5.74, 6) is 0.953. The Hall–Kier alpha value is -1.39. The van der Waals surface area contributed by atoms with Gasteiger partial charge in [0, 0.05) is 18.6 Å². The quantitative estimate of drug-likeness (QED) is 0.615.